The van der Waals surface area contributed by atoms with Gasteiger partial charge in [-0.25, -0.2) is 9.97 Å². The van der Waals surface area contributed by atoms with Crippen molar-refractivity contribution in [3.05, 3.63) is 58.7 Å². The van der Waals surface area contributed by atoms with E-state index in [1.807, 2.05) is 38.2 Å². The van der Waals surface area contributed by atoms with Gasteiger partial charge < -0.3 is 9.47 Å². The van der Waals surface area contributed by atoms with E-state index in [4.69, 9.17) is 14.5 Å². The zero-order valence-corrected chi connectivity index (χ0v) is 17.2. The van der Waals surface area contributed by atoms with E-state index in [-0.39, 0.29) is 0 Å². The highest BCUT2D eigenvalue weighted by Gasteiger charge is 2.20. The molecule has 28 heavy (non-hydrogen) atoms. The van der Waals surface area contributed by atoms with Crippen LogP contribution in [0, 0.1) is 0 Å². The monoisotopic (exact) mass is 395 g/mol. The van der Waals surface area contributed by atoms with Gasteiger partial charge in [-0.15, -0.1) is 11.3 Å². The summed E-state index contributed by atoms with van der Waals surface area (Å²) in [7, 11) is 0. The van der Waals surface area contributed by atoms with E-state index in [9.17, 15) is 0 Å². The maximum absolute atomic E-state index is 5.86. The van der Waals surface area contributed by atoms with Crippen molar-refractivity contribution in [1.29, 1.82) is 0 Å². The molecule has 1 aliphatic rings. The fourth-order valence-corrected chi connectivity index (χ4v) is 4.15. The first kappa shape index (κ1) is 18.9. The SMILES string of the molecule is CCOc1ccc(CN2CCc3nc(-c4cccs4)ncc3C2)c(OCC)c1. The Balaban J connectivity index is 1.49. The topological polar surface area (TPSA) is 47.5 Å². The molecule has 0 amide bonds. The highest BCUT2D eigenvalue weighted by Crippen LogP contribution is 2.29. The number of fused-ring (bicyclic) bond motifs is 1. The van der Waals surface area contributed by atoms with E-state index in [0.717, 1.165) is 48.3 Å². The van der Waals surface area contributed by atoms with E-state index in [1.54, 1.807) is 11.3 Å². The lowest BCUT2D eigenvalue weighted by Crippen LogP contribution is -2.31. The first-order valence-corrected chi connectivity index (χ1v) is 10.6. The summed E-state index contributed by atoms with van der Waals surface area (Å²) < 4.78 is 11.5. The maximum atomic E-state index is 5.86. The predicted molar refractivity (Wildman–Crippen MR) is 112 cm³/mol. The molecule has 2 aromatic heterocycles. The first-order valence-electron chi connectivity index (χ1n) is 9.76. The average Bonchev–Trinajstić information content (AvgIpc) is 3.25. The zero-order chi connectivity index (χ0) is 19.3. The fourth-order valence-electron chi connectivity index (χ4n) is 3.49. The number of ether oxygens (including phenoxy) is 2. The van der Waals surface area contributed by atoms with Gasteiger partial charge in [0.15, 0.2) is 5.82 Å². The van der Waals surface area contributed by atoms with Gasteiger partial charge in [0.1, 0.15) is 11.5 Å². The molecule has 3 heterocycles. The van der Waals surface area contributed by atoms with Crippen molar-refractivity contribution < 1.29 is 9.47 Å². The van der Waals surface area contributed by atoms with Crippen LogP contribution < -0.4 is 9.47 Å². The molecule has 4 rings (SSSR count). The Labute approximate surface area is 170 Å². The quantitative estimate of drug-likeness (QED) is 0.587. The minimum atomic E-state index is 0.644. The van der Waals surface area contributed by atoms with Crippen LogP contribution in [0.1, 0.15) is 30.7 Å². The van der Waals surface area contributed by atoms with Crippen LogP contribution in [0.25, 0.3) is 10.7 Å². The molecule has 0 N–H and O–H groups in total. The van der Waals surface area contributed by atoms with Gasteiger partial charge in [0.25, 0.3) is 0 Å². The average molecular weight is 396 g/mol. The van der Waals surface area contributed by atoms with E-state index in [0.29, 0.717) is 13.2 Å². The van der Waals surface area contributed by atoms with Crippen molar-refractivity contribution in [2.75, 3.05) is 19.8 Å². The number of benzene rings is 1. The second-order valence-electron chi connectivity index (χ2n) is 6.74. The van der Waals surface area contributed by atoms with Gasteiger partial charge in [0.05, 0.1) is 23.8 Å². The summed E-state index contributed by atoms with van der Waals surface area (Å²) in [6, 6.07) is 10.2. The molecule has 0 saturated carbocycles. The Hall–Kier alpha value is -2.44. The van der Waals surface area contributed by atoms with Crippen LogP contribution >= 0.6 is 11.3 Å². The summed E-state index contributed by atoms with van der Waals surface area (Å²) in [4.78, 5) is 12.9. The number of hydrogen-bond acceptors (Lipinski definition) is 6. The third-order valence-electron chi connectivity index (χ3n) is 4.80. The number of thiophene rings is 1. The lowest BCUT2D eigenvalue weighted by Gasteiger charge is -2.28. The molecule has 0 radical (unpaired) electrons. The summed E-state index contributed by atoms with van der Waals surface area (Å²) in [5.74, 6) is 2.60. The lowest BCUT2D eigenvalue weighted by molar-refractivity contribution is 0.236. The van der Waals surface area contributed by atoms with Gasteiger partial charge in [-0.1, -0.05) is 12.1 Å². The van der Waals surface area contributed by atoms with E-state index >= 15 is 0 Å². The Kier molecular flexibility index (Phi) is 5.88. The molecule has 0 saturated heterocycles. The number of hydrogen-bond donors (Lipinski definition) is 0. The van der Waals surface area contributed by atoms with Crippen molar-refractivity contribution in [1.82, 2.24) is 14.9 Å². The lowest BCUT2D eigenvalue weighted by atomic mass is 10.1. The van der Waals surface area contributed by atoms with Crippen LogP contribution in [0.15, 0.2) is 41.9 Å². The normalized spacial score (nSPS) is 13.9. The minimum Gasteiger partial charge on any atom is -0.494 e. The van der Waals surface area contributed by atoms with Gasteiger partial charge in [0.2, 0.25) is 0 Å². The van der Waals surface area contributed by atoms with Gasteiger partial charge >= 0.3 is 0 Å². The summed E-state index contributed by atoms with van der Waals surface area (Å²) >= 11 is 1.68. The van der Waals surface area contributed by atoms with E-state index in [1.165, 1.54) is 16.8 Å². The van der Waals surface area contributed by atoms with Crippen LogP contribution in [0.3, 0.4) is 0 Å². The Morgan fingerprint density at radius 1 is 1.14 bits per heavy atom. The molecule has 0 aliphatic carbocycles. The molecule has 0 spiro atoms. The van der Waals surface area contributed by atoms with Crippen LogP contribution in [0.2, 0.25) is 0 Å². The van der Waals surface area contributed by atoms with Gasteiger partial charge in [-0.3, -0.25) is 4.90 Å². The standard InChI is InChI=1S/C22H25N3O2S/c1-3-26-18-8-7-16(20(12-18)27-4-2)14-25-10-9-19-17(15-25)13-23-22(24-19)21-6-5-11-28-21/h5-8,11-13H,3-4,9-10,14-15H2,1-2H3. The first-order chi connectivity index (χ1) is 13.8. The Morgan fingerprint density at radius 3 is 2.82 bits per heavy atom. The molecule has 6 heteroatoms. The number of rotatable bonds is 7. The van der Waals surface area contributed by atoms with E-state index in [2.05, 4.69) is 27.4 Å². The van der Waals surface area contributed by atoms with Crippen molar-refractivity contribution in [2.45, 2.75) is 33.4 Å². The Morgan fingerprint density at radius 2 is 2.04 bits per heavy atom. The largest absolute Gasteiger partial charge is 0.494 e. The summed E-state index contributed by atoms with van der Waals surface area (Å²) in [6.45, 7) is 7.98. The molecule has 3 aromatic rings. The zero-order valence-electron chi connectivity index (χ0n) is 16.4. The predicted octanol–water partition coefficient (Wildman–Crippen LogP) is 4.56. The highest BCUT2D eigenvalue weighted by molar-refractivity contribution is 7.13. The third kappa shape index (κ3) is 4.18. The molecule has 1 aromatic carbocycles. The van der Waals surface area contributed by atoms with Crippen molar-refractivity contribution in [3.63, 3.8) is 0 Å². The van der Waals surface area contributed by atoms with Gasteiger partial charge in [-0.05, 0) is 31.4 Å². The summed E-state index contributed by atoms with van der Waals surface area (Å²) in [5, 5.41) is 2.06. The smallest absolute Gasteiger partial charge is 0.169 e. The number of nitrogens with zero attached hydrogens (tertiary/aromatic N) is 3. The van der Waals surface area contributed by atoms with Crippen LogP contribution in [0.4, 0.5) is 0 Å². The van der Waals surface area contributed by atoms with E-state index < -0.39 is 0 Å². The second kappa shape index (κ2) is 8.71. The Bertz CT molecular complexity index is 928. The molecule has 1 aliphatic heterocycles. The molecule has 0 fully saturated rings. The summed E-state index contributed by atoms with van der Waals surface area (Å²) in [5.41, 5.74) is 3.58. The highest BCUT2D eigenvalue weighted by atomic mass is 32.1. The van der Waals surface area contributed by atoms with Gasteiger partial charge in [0, 0.05) is 49.4 Å². The molecule has 5 nitrogen and oxygen atoms in total. The van der Waals surface area contributed by atoms with Crippen molar-refractivity contribution in [2.24, 2.45) is 0 Å². The van der Waals surface area contributed by atoms with Crippen molar-refractivity contribution >= 4 is 11.3 Å². The third-order valence-corrected chi connectivity index (χ3v) is 5.66. The molecule has 0 unspecified atom stereocenters. The van der Waals surface area contributed by atoms with Crippen LogP contribution in [-0.2, 0) is 19.5 Å². The second-order valence-corrected chi connectivity index (χ2v) is 7.69. The van der Waals surface area contributed by atoms with Gasteiger partial charge in [-0.2, -0.15) is 0 Å². The minimum absolute atomic E-state index is 0.644. The fraction of sp³-hybridized carbons (Fsp3) is 0.364. The molecule has 0 atom stereocenters. The summed E-state index contributed by atoms with van der Waals surface area (Å²) in [6.07, 6.45) is 2.93. The molecule has 0 bridgehead atoms. The van der Waals surface area contributed by atoms with Crippen molar-refractivity contribution in [3.8, 4) is 22.2 Å². The molecular weight excluding hydrogens is 370 g/mol. The molecule has 146 valence electrons. The molecular formula is C22H25N3O2S. The maximum Gasteiger partial charge on any atom is 0.169 e. The number of aromatic nitrogens is 2. The van der Waals surface area contributed by atoms with Crippen LogP contribution in [0.5, 0.6) is 11.5 Å². The van der Waals surface area contributed by atoms with Crippen LogP contribution in [-0.4, -0.2) is 34.6 Å².